The first-order valence-electron chi connectivity index (χ1n) is 13.0. The predicted molar refractivity (Wildman–Crippen MR) is 139 cm³/mol. The zero-order valence-electron chi connectivity index (χ0n) is 21.3. The second-order valence-corrected chi connectivity index (χ2v) is 10.3. The summed E-state index contributed by atoms with van der Waals surface area (Å²) in [6.07, 6.45) is 2.23. The van der Waals surface area contributed by atoms with Crippen molar-refractivity contribution in [1.82, 2.24) is 25.4 Å². The summed E-state index contributed by atoms with van der Waals surface area (Å²) >= 11 is 0. The molecule has 4 aromatic rings. The fourth-order valence-electron chi connectivity index (χ4n) is 5.46. The van der Waals surface area contributed by atoms with Crippen LogP contribution in [-0.4, -0.2) is 56.9 Å². The molecule has 2 atom stereocenters. The Balaban J connectivity index is 1.27. The van der Waals surface area contributed by atoms with E-state index in [0.29, 0.717) is 11.5 Å². The molecule has 0 radical (unpaired) electrons. The van der Waals surface area contributed by atoms with Crippen molar-refractivity contribution in [1.29, 1.82) is 0 Å². The molecule has 38 heavy (non-hydrogen) atoms. The molecule has 2 aliphatic heterocycles. The normalized spacial score (nSPS) is 20.7. The second kappa shape index (κ2) is 9.85. The van der Waals surface area contributed by atoms with E-state index in [1.54, 1.807) is 18.5 Å². The Labute approximate surface area is 219 Å². The van der Waals surface area contributed by atoms with Gasteiger partial charge in [0.25, 0.3) is 0 Å². The highest BCUT2D eigenvalue weighted by Gasteiger charge is 2.36. The molecule has 196 valence electrons. The molecule has 10 heteroatoms. The summed E-state index contributed by atoms with van der Waals surface area (Å²) < 4.78 is 20.6. The zero-order valence-corrected chi connectivity index (χ0v) is 21.3. The van der Waals surface area contributed by atoms with E-state index < -0.39 is 18.0 Å². The number of aliphatic hydroxyl groups excluding tert-OH is 1. The van der Waals surface area contributed by atoms with E-state index in [1.165, 1.54) is 6.07 Å². The predicted octanol–water partition coefficient (Wildman–Crippen LogP) is 3.90. The highest BCUT2D eigenvalue weighted by atomic mass is 19.1. The molecular formula is C28H29FN6O3. The number of para-hydroxylation sites is 1. The van der Waals surface area contributed by atoms with Gasteiger partial charge in [0.05, 0.1) is 18.0 Å². The first-order chi connectivity index (χ1) is 18.4. The number of carbonyl (C=O) groups excluding carboxylic acids is 1. The smallest absolute Gasteiger partial charge is 0.229 e. The van der Waals surface area contributed by atoms with Gasteiger partial charge in [-0.1, -0.05) is 43.3 Å². The molecule has 0 saturated carbocycles. The number of anilines is 1. The number of nitrogens with zero attached hydrogens (tertiary/aromatic N) is 5. The number of Topliss-reactive ketones (excluding diaryl/α,β-unsaturated/α-hetero) is 1. The average molecular weight is 517 g/mol. The van der Waals surface area contributed by atoms with Gasteiger partial charge in [-0.2, -0.15) is 4.98 Å². The van der Waals surface area contributed by atoms with E-state index in [1.807, 2.05) is 32.0 Å². The lowest BCUT2D eigenvalue weighted by Gasteiger charge is -2.32. The molecule has 9 nitrogen and oxygen atoms in total. The number of nitrogens with one attached hydrogen (secondary N) is 1. The largest absolute Gasteiger partial charge is 0.377 e. The number of hydrogen-bond donors (Lipinski definition) is 2. The molecule has 4 heterocycles. The van der Waals surface area contributed by atoms with Gasteiger partial charge in [-0.15, -0.1) is 0 Å². The van der Waals surface area contributed by atoms with E-state index in [4.69, 9.17) is 4.52 Å². The van der Waals surface area contributed by atoms with Crippen LogP contribution in [0.5, 0.6) is 0 Å². The molecular weight excluding hydrogens is 487 g/mol. The maximum atomic E-state index is 15.2. The molecule has 6 rings (SSSR count). The van der Waals surface area contributed by atoms with Gasteiger partial charge in [0.15, 0.2) is 11.6 Å². The number of rotatable bonds is 5. The zero-order chi connectivity index (χ0) is 26.4. The van der Waals surface area contributed by atoms with Crippen molar-refractivity contribution in [3.05, 3.63) is 65.8 Å². The Hall–Kier alpha value is -3.76. The topological polar surface area (TPSA) is 117 Å². The number of aliphatic hydroxyl groups is 1. The summed E-state index contributed by atoms with van der Waals surface area (Å²) in [5.41, 5.74) is 2.34. The monoisotopic (exact) mass is 516 g/mol. The fraction of sp³-hybridized carbons (Fsp3) is 0.393. The van der Waals surface area contributed by atoms with Gasteiger partial charge in [0, 0.05) is 41.4 Å². The quantitative estimate of drug-likeness (QED) is 0.407. The minimum atomic E-state index is -1.09. The molecule has 0 bridgehead atoms. The van der Waals surface area contributed by atoms with Crippen LogP contribution in [0.25, 0.3) is 22.0 Å². The number of aromatic nitrogens is 4. The highest BCUT2D eigenvalue weighted by molar-refractivity contribution is 5.99. The fourth-order valence-corrected chi connectivity index (χ4v) is 5.46. The summed E-state index contributed by atoms with van der Waals surface area (Å²) in [7, 11) is 0. The van der Waals surface area contributed by atoms with Crippen LogP contribution in [0.2, 0.25) is 0 Å². The molecule has 0 spiro atoms. The Morgan fingerprint density at radius 3 is 2.66 bits per heavy atom. The third-order valence-electron chi connectivity index (χ3n) is 7.55. The summed E-state index contributed by atoms with van der Waals surface area (Å²) in [4.78, 5) is 28.2. The van der Waals surface area contributed by atoms with E-state index in [0.717, 1.165) is 54.0 Å². The van der Waals surface area contributed by atoms with Crippen LogP contribution >= 0.6 is 0 Å². The Morgan fingerprint density at radius 2 is 1.97 bits per heavy atom. The van der Waals surface area contributed by atoms with Crippen molar-refractivity contribution in [2.45, 2.75) is 50.7 Å². The summed E-state index contributed by atoms with van der Waals surface area (Å²) in [6, 6.07) is 10.6. The van der Waals surface area contributed by atoms with Gasteiger partial charge in [-0.05, 0) is 30.5 Å². The van der Waals surface area contributed by atoms with Crippen molar-refractivity contribution >= 4 is 22.5 Å². The van der Waals surface area contributed by atoms with Crippen LogP contribution in [0, 0.1) is 5.82 Å². The van der Waals surface area contributed by atoms with E-state index in [9.17, 15) is 9.90 Å². The maximum Gasteiger partial charge on any atom is 0.229 e. The molecule has 2 N–H and O–H groups in total. The van der Waals surface area contributed by atoms with E-state index in [2.05, 4.69) is 30.3 Å². The average Bonchev–Trinajstić information content (AvgIpc) is 3.55. The van der Waals surface area contributed by atoms with E-state index in [-0.39, 0.29) is 29.7 Å². The summed E-state index contributed by atoms with van der Waals surface area (Å²) in [5, 5.41) is 17.9. The van der Waals surface area contributed by atoms with Gasteiger partial charge < -0.3 is 14.5 Å². The highest BCUT2D eigenvalue weighted by Crippen LogP contribution is 2.36. The first-order valence-corrected chi connectivity index (χ1v) is 13.0. The number of ketones is 1. The van der Waals surface area contributed by atoms with Crippen molar-refractivity contribution < 1.29 is 18.8 Å². The van der Waals surface area contributed by atoms with Crippen LogP contribution in [-0.2, 0) is 4.79 Å². The van der Waals surface area contributed by atoms with Gasteiger partial charge in [0.2, 0.25) is 5.89 Å². The summed E-state index contributed by atoms with van der Waals surface area (Å²) in [5.74, 6) is 1.07. The number of benzene rings is 2. The Morgan fingerprint density at radius 1 is 1.16 bits per heavy atom. The minimum absolute atomic E-state index is 0.0291. The van der Waals surface area contributed by atoms with Gasteiger partial charge in [-0.25, -0.2) is 14.4 Å². The van der Waals surface area contributed by atoms with Gasteiger partial charge in [0.1, 0.15) is 24.2 Å². The minimum Gasteiger partial charge on any atom is -0.377 e. The number of halogens is 1. The lowest BCUT2D eigenvalue weighted by Crippen LogP contribution is -2.34. The molecule has 2 unspecified atom stereocenters. The van der Waals surface area contributed by atoms with Gasteiger partial charge in [-0.3, -0.25) is 10.1 Å². The third-order valence-corrected chi connectivity index (χ3v) is 7.55. The summed E-state index contributed by atoms with van der Waals surface area (Å²) in [6.45, 7) is 5.69. The van der Waals surface area contributed by atoms with Crippen LogP contribution in [0.3, 0.4) is 0 Å². The molecule has 0 amide bonds. The Bertz CT molecular complexity index is 1500. The molecule has 2 aromatic carbocycles. The lowest BCUT2D eigenvalue weighted by molar-refractivity contribution is -0.118. The molecule has 0 aliphatic carbocycles. The standard InChI is InChI=1S/C28H29FN6O3/c1-15(2)28-33-25(34-38-28)16-8-10-35(11-9-16)26-20-5-3-4-18(24(20)31-14-32-26)17-6-7-19(21(29)12-17)23-22(36)13-30-27(23)37/h3-7,12,14-16,23,27,30,37H,8-11,13H2,1-2H3. The van der Waals surface area contributed by atoms with Crippen molar-refractivity contribution in [3.63, 3.8) is 0 Å². The number of piperidine rings is 1. The lowest BCUT2D eigenvalue weighted by atomic mass is 9.92. The maximum absolute atomic E-state index is 15.2. The van der Waals surface area contributed by atoms with Crippen LogP contribution in [0.4, 0.5) is 10.2 Å². The van der Waals surface area contributed by atoms with Crippen LogP contribution < -0.4 is 10.2 Å². The molecule has 2 fully saturated rings. The number of hydrogen-bond acceptors (Lipinski definition) is 9. The van der Waals surface area contributed by atoms with Crippen molar-refractivity contribution in [2.24, 2.45) is 0 Å². The van der Waals surface area contributed by atoms with E-state index >= 15 is 4.39 Å². The second-order valence-electron chi connectivity index (χ2n) is 10.3. The van der Waals surface area contributed by atoms with Crippen LogP contribution in [0.1, 0.15) is 61.7 Å². The van der Waals surface area contributed by atoms with Gasteiger partial charge >= 0.3 is 0 Å². The SMILES string of the molecule is CC(C)c1nc(C2CCN(c3ncnc4c(-c5ccc(C6C(=O)CNC6O)c(F)c5)cccc34)CC2)no1. The molecule has 2 saturated heterocycles. The van der Waals surface area contributed by atoms with Crippen molar-refractivity contribution in [2.75, 3.05) is 24.5 Å². The van der Waals surface area contributed by atoms with Crippen molar-refractivity contribution in [3.8, 4) is 11.1 Å². The molecule has 2 aromatic heterocycles. The third kappa shape index (κ3) is 4.33. The number of carbonyl (C=O) groups is 1. The Kier molecular flexibility index (Phi) is 6.37. The first kappa shape index (κ1) is 24.6. The number of fused-ring (bicyclic) bond motifs is 1. The molecule has 2 aliphatic rings. The van der Waals surface area contributed by atoms with Crippen LogP contribution in [0.15, 0.2) is 47.2 Å².